The lowest BCUT2D eigenvalue weighted by Crippen LogP contribution is -2.30. The molecule has 0 aliphatic rings. The molecule has 18 heteroatoms. The minimum absolute atomic E-state index is 0.114. The van der Waals surface area contributed by atoms with Gasteiger partial charge in [-0.05, 0) is 64.2 Å². The minimum atomic E-state index is -4.91. The number of hydrogen-bond donors (Lipinski definition) is 4. The molecule has 4 N–H and O–H groups in total. The smallest absolute Gasteiger partial charge is 0.463 e. The molecule has 0 aliphatic carbocycles. The molecule has 0 aromatic heterocycles. The van der Waals surface area contributed by atoms with E-state index in [1.54, 1.807) is 0 Å². The van der Waals surface area contributed by atoms with Crippen molar-refractivity contribution in [2.45, 2.75) is 360 Å². The molecule has 0 fully saturated rings. The summed E-state index contributed by atoms with van der Waals surface area (Å²) >= 11 is 0. The summed E-state index contributed by atoms with van der Waals surface area (Å²) in [4.78, 5) is 58.5. The zero-order chi connectivity index (χ0) is 66.7. The van der Waals surface area contributed by atoms with Gasteiger partial charge in [0.15, 0.2) is 6.10 Å². The summed E-state index contributed by atoms with van der Waals surface area (Å²) in [6, 6.07) is 0. The number of carbonyl (C=O) groups excluding carboxylic acids is 3. The van der Waals surface area contributed by atoms with Gasteiger partial charge in [0.05, 0.1) is 26.4 Å². The quantitative estimate of drug-likeness (QED) is 0.0146. The molecule has 5 atom stereocenters. The fourth-order valence-electron chi connectivity index (χ4n) is 10.4. The SMILES string of the molecule is CCCCC/C=C\C/C=C\C/C=C\C/C=C\CCCCCCCCCCCC(=O)OCC(O)COP(=O)(O)OCC(O)COP(=O)(O)OCC(COC(=O)CCCCCCCCCCCCCCCCC)OC(=O)CCCCCCCCCCCCCCCCC. The van der Waals surface area contributed by atoms with Crippen molar-refractivity contribution < 1.29 is 75.8 Å². The number of rotatable bonds is 71. The van der Waals surface area contributed by atoms with E-state index >= 15 is 0 Å². The Bertz CT molecular complexity index is 1860. The number of allylic oxidation sites excluding steroid dienone is 8. The molecule has 0 saturated heterocycles. The number of carbonyl (C=O) groups is 3. The van der Waals surface area contributed by atoms with Crippen LogP contribution in [0.5, 0.6) is 0 Å². The van der Waals surface area contributed by atoms with E-state index < -0.39 is 91.5 Å². The van der Waals surface area contributed by atoms with E-state index in [-0.39, 0.29) is 19.3 Å². The predicted molar refractivity (Wildman–Crippen MR) is 372 cm³/mol. The third-order valence-electron chi connectivity index (χ3n) is 16.1. The zero-order valence-electron chi connectivity index (χ0n) is 58.0. The average molecular weight is 1330 g/mol. The Kier molecular flexibility index (Phi) is 65.6. The molecule has 0 amide bonds. The van der Waals surface area contributed by atoms with Crippen LogP contribution in [-0.2, 0) is 55.8 Å². The highest BCUT2D eigenvalue weighted by molar-refractivity contribution is 7.47. The molecule has 0 heterocycles. The summed E-state index contributed by atoms with van der Waals surface area (Å²) in [5.74, 6) is -1.55. The van der Waals surface area contributed by atoms with E-state index in [4.69, 9.17) is 32.3 Å². The number of unbranched alkanes of at least 4 members (excludes halogenated alkanes) is 40. The van der Waals surface area contributed by atoms with Crippen molar-refractivity contribution in [1.82, 2.24) is 0 Å². The Morgan fingerprint density at radius 3 is 0.890 bits per heavy atom. The Hall–Kier alpha value is -2.49. The van der Waals surface area contributed by atoms with Crippen LogP contribution >= 0.6 is 15.6 Å². The van der Waals surface area contributed by atoms with Gasteiger partial charge in [0.1, 0.15) is 25.4 Å². The average Bonchev–Trinajstić information content (AvgIpc) is 3.08. The standard InChI is InChI=1S/C73H136O16P2/c1-4-7-10-13-16-19-22-25-28-29-30-31-32-33-34-35-36-37-40-42-44-47-50-53-56-59-71(76)83-62-68(74)63-85-90(79,80)86-64-69(75)65-87-91(81,82)88-67-70(89-73(78)61-58-55-52-49-46-43-39-27-24-21-18-15-12-9-6-3)66-84-72(77)60-57-54-51-48-45-41-38-26-23-20-17-14-11-8-5-2/h16,19,25,28,30-31,33-34,68-70,74-75H,4-15,17-18,20-24,26-27,29,32,35-67H2,1-3H3,(H,79,80)(H,81,82)/b19-16-,28-25-,31-30-,34-33-. The Morgan fingerprint density at radius 1 is 0.308 bits per heavy atom. The van der Waals surface area contributed by atoms with Crippen LogP contribution in [-0.4, -0.2) is 95.9 Å². The van der Waals surface area contributed by atoms with Gasteiger partial charge in [0, 0.05) is 19.3 Å². The molecule has 0 rings (SSSR count). The van der Waals surface area contributed by atoms with Crippen molar-refractivity contribution in [3.63, 3.8) is 0 Å². The maximum Gasteiger partial charge on any atom is 0.472 e. The summed E-state index contributed by atoms with van der Waals surface area (Å²) in [6.45, 7) is 2.71. The van der Waals surface area contributed by atoms with Crippen molar-refractivity contribution in [1.29, 1.82) is 0 Å². The first-order valence-electron chi connectivity index (χ1n) is 36.9. The van der Waals surface area contributed by atoms with Gasteiger partial charge in [-0.15, -0.1) is 0 Å². The summed E-state index contributed by atoms with van der Waals surface area (Å²) in [5, 5.41) is 20.6. The van der Waals surface area contributed by atoms with Crippen molar-refractivity contribution in [2.75, 3.05) is 39.6 Å². The van der Waals surface area contributed by atoms with E-state index in [2.05, 4.69) is 69.4 Å². The second-order valence-electron chi connectivity index (χ2n) is 25.1. The summed E-state index contributed by atoms with van der Waals surface area (Å²) in [6.07, 6.45) is 68.7. The fraction of sp³-hybridized carbons (Fsp3) is 0.849. The summed E-state index contributed by atoms with van der Waals surface area (Å²) in [5.41, 5.74) is 0. The van der Waals surface area contributed by atoms with Crippen LogP contribution in [0.2, 0.25) is 0 Å². The largest absolute Gasteiger partial charge is 0.472 e. The molecular formula is C73H136O16P2. The maximum absolute atomic E-state index is 12.9. The van der Waals surface area contributed by atoms with Gasteiger partial charge in [0.25, 0.3) is 0 Å². The summed E-state index contributed by atoms with van der Waals surface area (Å²) < 4.78 is 61.0. The molecule has 0 aromatic rings. The Labute approximate surface area is 555 Å². The Balaban J connectivity index is 4.52. The number of ether oxygens (including phenoxy) is 3. The summed E-state index contributed by atoms with van der Waals surface area (Å²) in [7, 11) is -9.76. The van der Waals surface area contributed by atoms with Gasteiger partial charge in [-0.3, -0.25) is 32.5 Å². The van der Waals surface area contributed by atoms with Gasteiger partial charge < -0.3 is 34.2 Å². The van der Waals surface area contributed by atoms with Crippen LogP contribution in [0, 0.1) is 0 Å². The van der Waals surface area contributed by atoms with Crippen LogP contribution in [0.1, 0.15) is 342 Å². The minimum Gasteiger partial charge on any atom is -0.463 e. The van der Waals surface area contributed by atoms with Gasteiger partial charge in [0.2, 0.25) is 0 Å². The molecule has 5 unspecified atom stereocenters. The predicted octanol–water partition coefficient (Wildman–Crippen LogP) is 20.8. The monoisotopic (exact) mass is 1330 g/mol. The second kappa shape index (κ2) is 67.5. The normalized spacial score (nSPS) is 14.4. The number of aliphatic hydroxyl groups excluding tert-OH is 2. The fourth-order valence-corrected chi connectivity index (χ4v) is 12.0. The molecule has 91 heavy (non-hydrogen) atoms. The van der Waals surface area contributed by atoms with E-state index in [1.165, 1.54) is 193 Å². The topological polar surface area (TPSA) is 231 Å². The first-order valence-corrected chi connectivity index (χ1v) is 39.9. The van der Waals surface area contributed by atoms with Crippen molar-refractivity contribution in [3.05, 3.63) is 48.6 Å². The van der Waals surface area contributed by atoms with Crippen LogP contribution in [0.3, 0.4) is 0 Å². The third kappa shape index (κ3) is 68.7. The lowest BCUT2D eigenvalue weighted by Gasteiger charge is -2.21. The first-order chi connectivity index (χ1) is 44.2. The van der Waals surface area contributed by atoms with E-state index in [1.807, 2.05) is 0 Å². The number of esters is 3. The number of hydrogen-bond acceptors (Lipinski definition) is 14. The number of phosphoric ester groups is 2. The van der Waals surface area contributed by atoms with Crippen LogP contribution < -0.4 is 0 Å². The van der Waals surface area contributed by atoms with Crippen LogP contribution in [0.15, 0.2) is 48.6 Å². The molecule has 0 spiro atoms. The maximum atomic E-state index is 12.9. The molecular weight excluding hydrogens is 1190 g/mol. The van der Waals surface area contributed by atoms with E-state index in [9.17, 15) is 43.5 Å². The van der Waals surface area contributed by atoms with Crippen molar-refractivity contribution in [3.8, 4) is 0 Å². The molecule has 534 valence electrons. The van der Waals surface area contributed by atoms with Gasteiger partial charge in [-0.25, -0.2) is 9.13 Å². The van der Waals surface area contributed by atoms with Gasteiger partial charge in [-0.2, -0.15) is 0 Å². The van der Waals surface area contributed by atoms with Crippen molar-refractivity contribution >= 4 is 33.6 Å². The first kappa shape index (κ1) is 88.5. The molecule has 0 bridgehead atoms. The second-order valence-corrected chi connectivity index (χ2v) is 28.0. The van der Waals surface area contributed by atoms with Crippen LogP contribution in [0.25, 0.3) is 0 Å². The lowest BCUT2D eigenvalue weighted by atomic mass is 10.0. The number of phosphoric acid groups is 2. The highest BCUT2D eigenvalue weighted by Gasteiger charge is 2.29. The number of aliphatic hydroxyl groups is 2. The third-order valence-corrected chi connectivity index (χ3v) is 18.0. The molecule has 16 nitrogen and oxygen atoms in total. The van der Waals surface area contributed by atoms with Gasteiger partial charge in [-0.1, -0.05) is 307 Å². The van der Waals surface area contributed by atoms with Crippen molar-refractivity contribution in [2.24, 2.45) is 0 Å². The van der Waals surface area contributed by atoms with E-state index in [0.717, 1.165) is 89.9 Å². The molecule has 0 aliphatic heterocycles. The molecule has 0 aromatic carbocycles. The highest BCUT2D eigenvalue weighted by Crippen LogP contribution is 2.45. The molecule has 0 saturated carbocycles. The van der Waals surface area contributed by atoms with Gasteiger partial charge >= 0.3 is 33.6 Å². The van der Waals surface area contributed by atoms with Crippen LogP contribution in [0.4, 0.5) is 0 Å². The molecule has 0 radical (unpaired) electrons. The highest BCUT2D eigenvalue weighted by atomic mass is 31.2. The Morgan fingerprint density at radius 2 is 0.549 bits per heavy atom. The zero-order valence-corrected chi connectivity index (χ0v) is 59.8. The van der Waals surface area contributed by atoms with E-state index in [0.29, 0.717) is 19.3 Å². The lowest BCUT2D eigenvalue weighted by molar-refractivity contribution is -0.161.